The highest BCUT2D eigenvalue weighted by Gasteiger charge is 2.35. The van der Waals surface area contributed by atoms with E-state index in [4.69, 9.17) is 0 Å². The van der Waals surface area contributed by atoms with E-state index in [1.807, 2.05) is 43.3 Å². The van der Waals surface area contributed by atoms with Crippen LogP contribution < -0.4 is 10.2 Å². The lowest BCUT2D eigenvalue weighted by atomic mass is 10.1. The minimum Gasteiger partial charge on any atom is -0.312 e. The first kappa shape index (κ1) is 17.7. The number of aryl methyl sites for hydroxylation is 2. The van der Waals surface area contributed by atoms with Crippen LogP contribution in [0, 0.1) is 12.8 Å². The fourth-order valence-electron chi connectivity index (χ4n) is 3.34. The van der Waals surface area contributed by atoms with Crippen molar-refractivity contribution in [2.45, 2.75) is 26.7 Å². The monoisotopic (exact) mass is 379 g/mol. The van der Waals surface area contributed by atoms with Crippen LogP contribution in [-0.4, -0.2) is 23.3 Å². The molecule has 138 valence electrons. The predicted octanol–water partition coefficient (Wildman–Crippen LogP) is 4.16. The zero-order valence-corrected chi connectivity index (χ0v) is 16.2. The molecule has 1 N–H and O–H groups in total. The third kappa shape index (κ3) is 3.57. The Bertz CT molecular complexity index is 1010. The molecule has 1 aromatic heterocycles. The molecule has 1 unspecified atom stereocenters. The number of hydrogen-bond acceptors (Lipinski definition) is 4. The molecular weight excluding hydrogens is 358 g/mol. The number of hydrogen-bond donors (Lipinski definition) is 1. The Morgan fingerprint density at radius 2 is 2.04 bits per heavy atom. The first-order chi connectivity index (χ1) is 13.0. The summed E-state index contributed by atoms with van der Waals surface area (Å²) >= 11 is 1.46. The molecule has 0 spiro atoms. The van der Waals surface area contributed by atoms with E-state index in [2.05, 4.69) is 23.3 Å². The molecule has 1 fully saturated rings. The Kier molecular flexibility index (Phi) is 4.66. The molecule has 4 rings (SSSR count). The fourth-order valence-corrected chi connectivity index (χ4v) is 4.30. The van der Waals surface area contributed by atoms with Gasteiger partial charge in [-0.1, -0.05) is 36.5 Å². The average Bonchev–Trinajstić information content (AvgIpc) is 3.24. The van der Waals surface area contributed by atoms with E-state index in [9.17, 15) is 9.59 Å². The number of nitrogens with zero attached hydrogens (tertiary/aromatic N) is 2. The summed E-state index contributed by atoms with van der Waals surface area (Å²) in [4.78, 5) is 31.2. The lowest BCUT2D eigenvalue weighted by molar-refractivity contribution is -0.122. The summed E-state index contributed by atoms with van der Waals surface area (Å²) in [5.74, 6) is -0.525. The van der Waals surface area contributed by atoms with E-state index in [1.165, 1.54) is 16.9 Å². The van der Waals surface area contributed by atoms with Crippen molar-refractivity contribution in [1.29, 1.82) is 0 Å². The third-order valence-electron chi connectivity index (χ3n) is 4.93. The van der Waals surface area contributed by atoms with Gasteiger partial charge in [0.1, 0.15) is 0 Å². The molecule has 1 atom stereocenters. The molecule has 6 heteroatoms. The Balaban J connectivity index is 1.46. The highest BCUT2D eigenvalue weighted by molar-refractivity contribution is 7.22. The second-order valence-electron chi connectivity index (χ2n) is 6.90. The lowest BCUT2D eigenvalue weighted by Crippen LogP contribution is -2.28. The zero-order chi connectivity index (χ0) is 19.0. The summed E-state index contributed by atoms with van der Waals surface area (Å²) in [5.41, 5.74) is 4.12. The van der Waals surface area contributed by atoms with E-state index in [0.717, 1.165) is 27.9 Å². The minimum absolute atomic E-state index is 0.0145. The molecule has 0 bridgehead atoms. The summed E-state index contributed by atoms with van der Waals surface area (Å²) in [6.45, 7) is 4.53. The summed E-state index contributed by atoms with van der Waals surface area (Å²) in [5, 5.41) is 3.48. The first-order valence-electron chi connectivity index (χ1n) is 9.11. The van der Waals surface area contributed by atoms with E-state index < -0.39 is 0 Å². The van der Waals surface area contributed by atoms with Crippen LogP contribution in [-0.2, 0) is 16.0 Å². The summed E-state index contributed by atoms with van der Waals surface area (Å²) in [6, 6.07) is 14.0. The SMILES string of the molecule is CCc1ccc(N2CC(C(=O)Nc3nc4ccc(C)cc4s3)CC2=O)cc1. The summed E-state index contributed by atoms with van der Waals surface area (Å²) < 4.78 is 1.05. The number of thiazole rings is 1. The number of fused-ring (bicyclic) bond motifs is 1. The Labute approximate surface area is 162 Å². The van der Waals surface area contributed by atoms with Gasteiger partial charge in [0.05, 0.1) is 16.1 Å². The van der Waals surface area contributed by atoms with Crippen LogP contribution in [0.25, 0.3) is 10.2 Å². The molecule has 2 aromatic carbocycles. The highest BCUT2D eigenvalue weighted by atomic mass is 32.1. The van der Waals surface area contributed by atoms with Crippen molar-refractivity contribution in [3.05, 3.63) is 53.6 Å². The van der Waals surface area contributed by atoms with Crippen LogP contribution in [0.15, 0.2) is 42.5 Å². The molecule has 1 saturated heterocycles. The van der Waals surface area contributed by atoms with E-state index in [0.29, 0.717) is 11.7 Å². The molecule has 0 aliphatic carbocycles. The third-order valence-corrected chi connectivity index (χ3v) is 5.86. The van der Waals surface area contributed by atoms with Crippen LogP contribution in [0.1, 0.15) is 24.5 Å². The van der Waals surface area contributed by atoms with Gasteiger partial charge in [-0.25, -0.2) is 4.98 Å². The smallest absolute Gasteiger partial charge is 0.231 e. The maximum atomic E-state index is 12.7. The van der Waals surface area contributed by atoms with Crippen LogP contribution in [0.3, 0.4) is 0 Å². The number of nitrogens with one attached hydrogen (secondary N) is 1. The normalized spacial score (nSPS) is 16.9. The Morgan fingerprint density at radius 3 is 2.78 bits per heavy atom. The second-order valence-corrected chi connectivity index (χ2v) is 7.94. The van der Waals surface area contributed by atoms with E-state index >= 15 is 0 Å². The molecule has 0 saturated carbocycles. The van der Waals surface area contributed by atoms with Gasteiger partial charge < -0.3 is 10.2 Å². The van der Waals surface area contributed by atoms with Gasteiger partial charge in [0.25, 0.3) is 0 Å². The number of amides is 2. The molecule has 2 amide bonds. The van der Waals surface area contributed by atoms with Gasteiger partial charge in [-0.3, -0.25) is 9.59 Å². The molecule has 27 heavy (non-hydrogen) atoms. The van der Waals surface area contributed by atoms with Gasteiger partial charge in [0.15, 0.2) is 5.13 Å². The van der Waals surface area contributed by atoms with Crippen molar-refractivity contribution in [2.75, 3.05) is 16.8 Å². The van der Waals surface area contributed by atoms with Gasteiger partial charge in [-0.15, -0.1) is 0 Å². The van der Waals surface area contributed by atoms with Crippen molar-refractivity contribution in [3.8, 4) is 0 Å². The number of anilines is 2. The van der Waals surface area contributed by atoms with Gasteiger partial charge in [-0.05, 0) is 48.7 Å². The van der Waals surface area contributed by atoms with Crippen LogP contribution in [0.5, 0.6) is 0 Å². The standard InChI is InChI=1S/C21H21N3O2S/c1-3-14-5-7-16(8-6-14)24-12-15(11-19(24)25)20(26)23-21-22-17-9-4-13(2)10-18(17)27-21/h4-10,15H,3,11-12H2,1-2H3,(H,22,23,26). The maximum Gasteiger partial charge on any atom is 0.231 e. The van der Waals surface area contributed by atoms with Gasteiger partial charge >= 0.3 is 0 Å². The average molecular weight is 379 g/mol. The van der Waals surface area contributed by atoms with Crippen LogP contribution >= 0.6 is 11.3 Å². The molecule has 1 aliphatic rings. The van der Waals surface area contributed by atoms with Crippen molar-refractivity contribution in [1.82, 2.24) is 4.98 Å². The van der Waals surface area contributed by atoms with E-state index in [-0.39, 0.29) is 24.2 Å². The quantitative estimate of drug-likeness (QED) is 0.740. The Morgan fingerprint density at radius 1 is 1.26 bits per heavy atom. The molecule has 5 nitrogen and oxygen atoms in total. The molecule has 1 aliphatic heterocycles. The number of carbonyl (C=O) groups is 2. The van der Waals surface area contributed by atoms with E-state index in [1.54, 1.807) is 4.90 Å². The van der Waals surface area contributed by atoms with Gasteiger partial charge in [-0.2, -0.15) is 0 Å². The minimum atomic E-state index is -0.364. The second kappa shape index (κ2) is 7.12. The topological polar surface area (TPSA) is 62.3 Å². The zero-order valence-electron chi connectivity index (χ0n) is 15.4. The largest absolute Gasteiger partial charge is 0.312 e. The number of aromatic nitrogens is 1. The van der Waals surface area contributed by atoms with Crippen LogP contribution in [0.4, 0.5) is 10.8 Å². The molecule has 0 radical (unpaired) electrons. The first-order valence-corrected chi connectivity index (χ1v) is 9.92. The highest BCUT2D eigenvalue weighted by Crippen LogP contribution is 2.29. The molecular formula is C21H21N3O2S. The van der Waals surface area contributed by atoms with Crippen molar-refractivity contribution >= 4 is 44.2 Å². The van der Waals surface area contributed by atoms with Crippen molar-refractivity contribution in [3.63, 3.8) is 0 Å². The molecule has 3 aromatic rings. The maximum absolute atomic E-state index is 12.7. The number of benzene rings is 2. The fraction of sp³-hybridized carbons (Fsp3) is 0.286. The number of rotatable bonds is 4. The summed E-state index contributed by atoms with van der Waals surface area (Å²) in [6.07, 6.45) is 1.19. The Hall–Kier alpha value is -2.73. The van der Waals surface area contributed by atoms with Crippen LogP contribution in [0.2, 0.25) is 0 Å². The van der Waals surface area contributed by atoms with Crippen molar-refractivity contribution < 1.29 is 9.59 Å². The molecule has 2 heterocycles. The number of carbonyl (C=O) groups excluding carboxylic acids is 2. The lowest BCUT2D eigenvalue weighted by Gasteiger charge is -2.17. The van der Waals surface area contributed by atoms with Crippen molar-refractivity contribution in [2.24, 2.45) is 5.92 Å². The van der Waals surface area contributed by atoms with Gasteiger partial charge in [0, 0.05) is 18.7 Å². The summed E-state index contributed by atoms with van der Waals surface area (Å²) in [7, 11) is 0. The van der Waals surface area contributed by atoms with Gasteiger partial charge in [0.2, 0.25) is 11.8 Å². The predicted molar refractivity (Wildman–Crippen MR) is 109 cm³/mol.